The Balaban J connectivity index is 1.68. The average Bonchev–Trinajstić information content (AvgIpc) is 2.71. The Kier molecular flexibility index (Phi) is 10.1. The zero-order valence-electron chi connectivity index (χ0n) is 16.8. The van der Waals surface area contributed by atoms with Crippen molar-refractivity contribution in [2.75, 3.05) is 6.61 Å². The van der Waals surface area contributed by atoms with Gasteiger partial charge in [-0.2, -0.15) is 0 Å². The first-order valence-electron chi connectivity index (χ1n) is 10.4. The predicted octanol–water partition coefficient (Wildman–Crippen LogP) is 6.69. The fourth-order valence-electron chi connectivity index (χ4n) is 3.33. The first kappa shape index (κ1) is 21.9. The second-order valence-corrected chi connectivity index (χ2v) is 7.01. The van der Waals surface area contributed by atoms with Gasteiger partial charge in [0, 0.05) is 5.56 Å². The number of hydrogen-bond donors (Lipinski definition) is 0. The minimum absolute atomic E-state index is 0.246. The molecule has 0 heterocycles. The van der Waals surface area contributed by atoms with E-state index in [4.69, 9.17) is 4.74 Å². The first-order valence-corrected chi connectivity index (χ1v) is 10.4. The number of rotatable bonds is 12. The molecule has 0 aliphatic carbocycles. The minimum atomic E-state index is -0.634. The molecule has 0 N–H and O–H groups in total. The maximum atomic E-state index is 14.4. The first-order chi connectivity index (χ1) is 13.7. The highest BCUT2D eigenvalue weighted by Gasteiger charge is 2.09. The summed E-state index contributed by atoms with van der Waals surface area (Å²) in [5, 5.41) is 0. The van der Waals surface area contributed by atoms with Crippen molar-refractivity contribution in [3.05, 3.63) is 77.4 Å². The van der Waals surface area contributed by atoms with Gasteiger partial charge in [-0.25, -0.2) is 9.18 Å². The lowest BCUT2D eigenvalue weighted by Gasteiger charge is -2.08. The third-order valence-corrected chi connectivity index (χ3v) is 4.81. The topological polar surface area (TPSA) is 26.3 Å². The van der Waals surface area contributed by atoms with Gasteiger partial charge in [-0.1, -0.05) is 80.3 Å². The van der Waals surface area contributed by atoms with Crippen molar-refractivity contribution in [3.63, 3.8) is 0 Å². The largest absolute Gasteiger partial charge is 0.463 e. The van der Waals surface area contributed by atoms with E-state index >= 15 is 0 Å². The minimum Gasteiger partial charge on any atom is -0.463 e. The highest BCUT2D eigenvalue weighted by Crippen LogP contribution is 2.23. The van der Waals surface area contributed by atoms with Crippen LogP contribution in [0.4, 0.5) is 4.39 Å². The summed E-state index contributed by atoms with van der Waals surface area (Å²) in [7, 11) is 0. The zero-order chi connectivity index (χ0) is 20.0. The molecule has 0 saturated heterocycles. The van der Waals surface area contributed by atoms with E-state index in [9.17, 15) is 9.18 Å². The van der Waals surface area contributed by atoms with Crippen molar-refractivity contribution < 1.29 is 13.9 Å². The Morgan fingerprint density at radius 2 is 1.46 bits per heavy atom. The second-order valence-electron chi connectivity index (χ2n) is 7.01. The van der Waals surface area contributed by atoms with Crippen LogP contribution in [0.15, 0.2) is 60.7 Å². The molecule has 3 heteroatoms. The summed E-state index contributed by atoms with van der Waals surface area (Å²) in [5.74, 6) is -1.15. The summed E-state index contributed by atoms with van der Waals surface area (Å²) in [6.07, 6.45) is 10.0. The van der Waals surface area contributed by atoms with E-state index in [1.54, 1.807) is 19.1 Å². The van der Waals surface area contributed by atoms with Crippen LogP contribution in [-0.2, 0) is 22.4 Å². The lowest BCUT2D eigenvalue weighted by atomic mass is 9.99. The standard InChI is InChI=1S/C25H31FO2/c1-2-28-25(27)20-24(26)23-19-13-12-18-22(23)17-11-6-4-3-5-8-14-21-15-9-7-10-16-21/h7,9-10,12-13,15-16,18-20H,2-6,8,11,14,17H2,1H3. The maximum Gasteiger partial charge on any atom is 0.333 e. The molecule has 0 aliphatic heterocycles. The van der Waals surface area contributed by atoms with Crippen LogP contribution in [0.25, 0.3) is 5.83 Å². The number of esters is 1. The van der Waals surface area contributed by atoms with Gasteiger partial charge in [0.2, 0.25) is 0 Å². The van der Waals surface area contributed by atoms with Gasteiger partial charge >= 0.3 is 5.97 Å². The average molecular weight is 383 g/mol. The summed E-state index contributed by atoms with van der Waals surface area (Å²) in [5.41, 5.74) is 2.86. The van der Waals surface area contributed by atoms with E-state index in [0.29, 0.717) is 5.56 Å². The van der Waals surface area contributed by atoms with Gasteiger partial charge < -0.3 is 4.74 Å². The molecule has 2 aromatic rings. The SMILES string of the molecule is CCOC(=O)C=C(F)c1ccccc1CCCCCCCCc1ccccc1. The van der Waals surface area contributed by atoms with Crippen LogP contribution in [0, 0.1) is 0 Å². The van der Waals surface area contributed by atoms with Crippen molar-refractivity contribution in [3.8, 4) is 0 Å². The van der Waals surface area contributed by atoms with Crippen molar-refractivity contribution in [2.24, 2.45) is 0 Å². The Bertz CT molecular complexity index is 737. The Morgan fingerprint density at radius 3 is 2.18 bits per heavy atom. The van der Waals surface area contributed by atoms with Crippen molar-refractivity contribution in [1.82, 2.24) is 0 Å². The van der Waals surface area contributed by atoms with Gasteiger partial charge in [-0.3, -0.25) is 0 Å². The highest BCUT2D eigenvalue weighted by molar-refractivity contribution is 5.89. The molecule has 0 saturated carbocycles. The molecule has 28 heavy (non-hydrogen) atoms. The second kappa shape index (κ2) is 12.9. The molecule has 0 radical (unpaired) electrons. The zero-order valence-corrected chi connectivity index (χ0v) is 16.8. The fraction of sp³-hybridized carbons (Fsp3) is 0.400. The van der Waals surface area contributed by atoms with Crippen LogP contribution in [0.2, 0.25) is 0 Å². The van der Waals surface area contributed by atoms with Crippen molar-refractivity contribution in [2.45, 2.75) is 58.3 Å². The highest BCUT2D eigenvalue weighted by atomic mass is 19.1. The Morgan fingerprint density at radius 1 is 0.857 bits per heavy atom. The van der Waals surface area contributed by atoms with Crippen LogP contribution in [-0.4, -0.2) is 12.6 Å². The molecule has 0 fully saturated rings. The summed E-state index contributed by atoms with van der Waals surface area (Å²) in [6.45, 7) is 1.95. The van der Waals surface area contributed by atoms with Crippen LogP contribution < -0.4 is 0 Å². The van der Waals surface area contributed by atoms with Gasteiger partial charge in [-0.05, 0) is 43.7 Å². The van der Waals surface area contributed by atoms with Crippen LogP contribution in [0.3, 0.4) is 0 Å². The molecule has 0 atom stereocenters. The number of hydrogen-bond acceptors (Lipinski definition) is 2. The lowest BCUT2D eigenvalue weighted by molar-refractivity contribution is -0.137. The maximum absolute atomic E-state index is 14.4. The molecule has 0 spiro atoms. The van der Waals surface area contributed by atoms with E-state index in [-0.39, 0.29) is 6.61 Å². The number of unbranched alkanes of at least 4 members (excludes halogenated alkanes) is 5. The van der Waals surface area contributed by atoms with Crippen LogP contribution >= 0.6 is 0 Å². The Hall–Kier alpha value is -2.42. The molecular formula is C25H31FO2. The summed E-state index contributed by atoms with van der Waals surface area (Å²) in [4.78, 5) is 11.5. The predicted molar refractivity (Wildman–Crippen MR) is 114 cm³/mol. The third kappa shape index (κ3) is 8.08. The van der Waals surface area contributed by atoms with Gasteiger partial charge in [0.1, 0.15) is 5.83 Å². The summed E-state index contributed by atoms with van der Waals surface area (Å²) >= 11 is 0. The van der Waals surface area contributed by atoms with Crippen molar-refractivity contribution in [1.29, 1.82) is 0 Å². The molecule has 2 rings (SSSR count). The number of ether oxygens (including phenoxy) is 1. The molecule has 0 aliphatic rings. The quantitative estimate of drug-likeness (QED) is 0.232. The van der Waals surface area contributed by atoms with Gasteiger partial charge in [0.15, 0.2) is 0 Å². The fourth-order valence-corrected chi connectivity index (χ4v) is 3.33. The van der Waals surface area contributed by atoms with E-state index < -0.39 is 11.8 Å². The summed E-state index contributed by atoms with van der Waals surface area (Å²) < 4.78 is 19.2. The van der Waals surface area contributed by atoms with E-state index in [1.807, 2.05) is 12.1 Å². The number of carbonyl (C=O) groups is 1. The number of aryl methyl sites for hydroxylation is 2. The molecule has 2 nitrogen and oxygen atoms in total. The summed E-state index contributed by atoms with van der Waals surface area (Å²) in [6, 6.07) is 18.0. The van der Waals surface area contributed by atoms with Gasteiger partial charge in [0.25, 0.3) is 0 Å². The molecule has 0 aromatic heterocycles. The molecule has 0 unspecified atom stereocenters. The molecule has 2 aromatic carbocycles. The normalized spacial score (nSPS) is 11.4. The number of carbonyl (C=O) groups excluding carboxylic acids is 1. The Labute approximate surface area is 168 Å². The smallest absolute Gasteiger partial charge is 0.333 e. The number of halogens is 1. The van der Waals surface area contributed by atoms with Crippen LogP contribution in [0.1, 0.15) is 62.1 Å². The van der Waals surface area contributed by atoms with Crippen LogP contribution in [0.5, 0.6) is 0 Å². The van der Waals surface area contributed by atoms with E-state index in [0.717, 1.165) is 37.3 Å². The monoisotopic (exact) mass is 382 g/mol. The lowest BCUT2D eigenvalue weighted by Crippen LogP contribution is -2.01. The number of benzene rings is 2. The molecular weight excluding hydrogens is 351 g/mol. The van der Waals surface area contributed by atoms with E-state index in [1.165, 1.54) is 31.2 Å². The van der Waals surface area contributed by atoms with Gasteiger partial charge in [-0.15, -0.1) is 0 Å². The van der Waals surface area contributed by atoms with E-state index in [2.05, 4.69) is 30.3 Å². The molecule has 0 bridgehead atoms. The third-order valence-electron chi connectivity index (χ3n) is 4.81. The van der Waals surface area contributed by atoms with Crippen molar-refractivity contribution >= 4 is 11.8 Å². The van der Waals surface area contributed by atoms with Gasteiger partial charge in [0.05, 0.1) is 12.7 Å². The molecule has 150 valence electrons. The molecule has 0 amide bonds.